The van der Waals surface area contributed by atoms with Crippen molar-refractivity contribution in [1.82, 2.24) is 40.0 Å². The molecular formula is C48H54FN11O9. The summed E-state index contributed by atoms with van der Waals surface area (Å²) in [5, 5.41) is 10.1. The standard InChI is InChI=1S/C48H54FN11O9/c49-33-5-1-4-32(28-33)38-7-3-16-58(38)43-13-12-41-51-30-40(60(41)54-43)37-6-2-8-42(52-37)57-19-17-56(18-20-57)31-45(62)50-15-21-66-22-23-67-24-25-68-26-27-69-55-34-9-10-35-36(29-34)48(65)59(47(35)64)39-11-14-44(61)53-46(39)63/h1-2,4-6,8-10,12-13,28-30,38-39,55H,3,7,11,14-27,31H2,(H,50,62)(H,53,61,63)/t38-,39?/m1/s1. The molecule has 2 aromatic carbocycles. The van der Waals surface area contributed by atoms with Crippen LogP contribution >= 0.6 is 0 Å². The Kier molecular flexibility index (Phi) is 15.1. The highest BCUT2D eigenvalue weighted by molar-refractivity contribution is 6.23. The third kappa shape index (κ3) is 11.2. The molecule has 1 unspecified atom stereocenters. The van der Waals surface area contributed by atoms with E-state index in [-0.39, 0.29) is 54.9 Å². The number of halogens is 1. The number of fused-ring (bicyclic) bond motifs is 2. The van der Waals surface area contributed by atoms with Gasteiger partial charge in [-0.15, -0.1) is 5.10 Å². The number of pyridine rings is 1. The zero-order valence-corrected chi connectivity index (χ0v) is 38.0. The maximum absolute atomic E-state index is 14.1. The highest BCUT2D eigenvalue weighted by Crippen LogP contribution is 2.36. The number of piperazine rings is 1. The van der Waals surface area contributed by atoms with Gasteiger partial charge in [-0.1, -0.05) is 18.2 Å². The van der Waals surface area contributed by atoms with Gasteiger partial charge in [0.25, 0.3) is 11.8 Å². The van der Waals surface area contributed by atoms with Crippen LogP contribution in [-0.2, 0) is 33.4 Å². The molecular weight excluding hydrogens is 894 g/mol. The fraction of sp³-hybridized carbons (Fsp3) is 0.417. The van der Waals surface area contributed by atoms with Crippen molar-refractivity contribution in [3.8, 4) is 11.4 Å². The summed E-state index contributed by atoms with van der Waals surface area (Å²) < 4.78 is 32.6. The molecule has 0 aliphatic carbocycles. The molecule has 21 heteroatoms. The number of imide groups is 2. The van der Waals surface area contributed by atoms with Crippen molar-refractivity contribution in [3.63, 3.8) is 0 Å². The molecule has 5 aromatic rings. The summed E-state index contributed by atoms with van der Waals surface area (Å²) in [6.07, 6.45) is 3.84. The van der Waals surface area contributed by atoms with Gasteiger partial charge in [-0.05, 0) is 79.4 Å². The van der Waals surface area contributed by atoms with E-state index in [1.54, 1.807) is 24.4 Å². The molecule has 362 valence electrons. The molecule has 4 aliphatic rings. The average molecular weight is 948 g/mol. The molecule has 0 spiro atoms. The van der Waals surface area contributed by atoms with Crippen LogP contribution < -0.4 is 25.9 Å². The number of anilines is 3. The lowest BCUT2D eigenvalue weighted by Gasteiger charge is -2.35. The third-order valence-electron chi connectivity index (χ3n) is 12.5. The van der Waals surface area contributed by atoms with Gasteiger partial charge in [0.15, 0.2) is 5.65 Å². The molecule has 0 saturated carbocycles. The van der Waals surface area contributed by atoms with Crippen LogP contribution in [0.15, 0.2) is 79.0 Å². The monoisotopic (exact) mass is 947 g/mol. The predicted octanol–water partition coefficient (Wildman–Crippen LogP) is 3.00. The number of benzene rings is 2. The van der Waals surface area contributed by atoms with Gasteiger partial charge in [0, 0.05) is 45.7 Å². The Bertz CT molecular complexity index is 2680. The van der Waals surface area contributed by atoms with Crippen LogP contribution in [0.3, 0.4) is 0 Å². The van der Waals surface area contributed by atoms with Crippen molar-refractivity contribution < 1.29 is 47.4 Å². The number of nitrogens with one attached hydrogen (secondary N) is 3. The topological polar surface area (TPSA) is 214 Å². The maximum Gasteiger partial charge on any atom is 0.262 e. The normalized spacial score (nSPS) is 18.6. The van der Waals surface area contributed by atoms with E-state index in [0.717, 1.165) is 66.0 Å². The number of hydrogen-bond donors (Lipinski definition) is 3. The number of amides is 5. The first-order chi connectivity index (χ1) is 33.7. The highest BCUT2D eigenvalue weighted by atomic mass is 19.1. The first-order valence-corrected chi connectivity index (χ1v) is 23.2. The first kappa shape index (κ1) is 47.2. The molecule has 4 aliphatic heterocycles. The molecule has 2 atom stereocenters. The molecule has 7 heterocycles. The van der Waals surface area contributed by atoms with E-state index < -0.39 is 29.7 Å². The van der Waals surface area contributed by atoms with Gasteiger partial charge in [0.2, 0.25) is 17.7 Å². The minimum atomic E-state index is -1.03. The first-order valence-electron chi connectivity index (χ1n) is 23.2. The van der Waals surface area contributed by atoms with E-state index in [2.05, 4.69) is 35.8 Å². The van der Waals surface area contributed by atoms with Gasteiger partial charge in [-0.25, -0.2) is 18.9 Å². The quantitative estimate of drug-likeness (QED) is 0.0548. The molecule has 3 aromatic heterocycles. The summed E-state index contributed by atoms with van der Waals surface area (Å²) >= 11 is 0. The molecule has 69 heavy (non-hydrogen) atoms. The predicted molar refractivity (Wildman–Crippen MR) is 249 cm³/mol. The zero-order chi connectivity index (χ0) is 47.7. The fourth-order valence-corrected chi connectivity index (χ4v) is 9.00. The summed E-state index contributed by atoms with van der Waals surface area (Å²) in [6, 6.07) is 20.3. The molecule has 3 saturated heterocycles. The number of carbonyl (C=O) groups is 5. The summed E-state index contributed by atoms with van der Waals surface area (Å²) in [7, 11) is 0. The van der Waals surface area contributed by atoms with Gasteiger partial charge < -0.3 is 29.3 Å². The van der Waals surface area contributed by atoms with E-state index in [0.29, 0.717) is 70.5 Å². The van der Waals surface area contributed by atoms with Crippen molar-refractivity contribution in [1.29, 1.82) is 0 Å². The molecule has 3 fully saturated rings. The number of nitrogens with zero attached hydrogens (tertiary/aromatic N) is 8. The van der Waals surface area contributed by atoms with Crippen molar-refractivity contribution in [2.75, 3.05) is 107 Å². The zero-order valence-electron chi connectivity index (χ0n) is 38.0. The van der Waals surface area contributed by atoms with Crippen LogP contribution in [-0.4, -0.2) is 157 Å². The second-order valence-corrected chi connectivity index (χ2v) is 17.0. The Balaban J connectivity index is 0.611. The van der Waals surface area contributed by atoms with E-state index in [1.165, 1.54) is 18.2 Å². The second-order valence-electron chi connectivity index (χ2n) is 17.0. The van der Waals surface area contributed by atoms with Crippen LogP contribution in [0.5, 0.6) is 0 Å². The lowest BCUT2D eigenvalue weighted by Crippen LogP contribution is -2.54. The Morgan fingerprint density at radius 1 is 0.768 bits per heavy atom. The van der Waals surface area contributed by atoms with Crippen molar-refractivity contribution in [2.24, 2.45) is 0 Å². The summed E-state index contributed by atoms with van der Waals surface area (Å²) in [6.45, 7) is 6.62. The Morgan fingerprint density at radius 3 is 2.33 bits per heavy atom. The van der Waals surface area contributed by atoms with Gasteiger partial charge in [0.1, 0.15) is 29.2 Å². The smallest absolute Gasteiger partial charge is 0.262 e. The van der Waals surface area contributed by atoms with Crippen LogP contribution in [0.1, 0.15) is 58.0 Å². The Morgan fingerprint density at radius 2 is 1.54 bits per heavy atom. The van der Waals surface area contributed by atoms with Crippen LogP contribution in [0.2, 0.25) is 0 Å². The average Bonchev–Trinajstić information content (AvgIpc) is 4.08. The number of imidazole rings is 1. The number of aromatic nitrogens is 4. The Labute approximate surface area is 397 Å². The second kappa shape index (κ2) is 22.0. The number of hydrogen-bond acceptors (Lipinski definition) is 16. The Hall–Kier alpha value is -6.91. The van der Waals surface area contributed by atoms with E-state index in [9.17, 15) is 28.4 Å². The van der Waals surface area contributed by atoms with Crippen LogP contribution in [0, 0.1) is 5.82 Å². The largest absolute Gasteiger partial charge is 0.377 e. The van der Waals surface area contributed by atoms with Gasteiger partial charge in [0.05, 0.1) is 87.5 Å². The SMILES string of the molecule is O=C(CN1CCN(c2cccc(-c3cnc4ccc(N5CCC[C@@H]5c5cccc(F)c5)nn34)n2)CC1)NCCOCCOCCOCCONc1ccc2c(c1)C(=O)N(C1CCC(=O)NC1=O)C2=O. The molecule has 5 amide bonds. The lowest BCUT2D eigenvalue weighted by molar-refractivity contribution is -0.136. The van der Waals surface area contributed by atoms with Crippen molar-refractivity contribution in [3.05, 3.63) is 102 Å². The minimum Gasteiger partial charge on any atom is -0.377 e. The number of ether oxygens (including phenoxy) is 3. The van der Waals surface area contributed by atoms with E-state index >= 15 is 0 Å². The van der Waals surface area contributed by atoms with Crippen LogP contribution in [0.4, 0.5) is 21.7 Å². The summed E-state index contributed by atoms with van der Waals surface area (Å²) in [5.74, 6) is -0.917. The highest BCUT2D eigenvalue weighted by Gasteiger charge is 2.44. The van der Waals surface area contributed by atoms with E-state index in [1.807, 2.05) is 40.9 Å². The maximum atomic E-state index is 14.1. The summed E-state index contributed by atoms with van der Waals surface area (Å²) in [4.78, 5) is 84.9. The van der Waals surface area contributed by atoms with Crippen molar-refractivity contribution >= 4 is 52.5 Å². The molecule has 9 rings (SSSR count). The minimum absolute atomic E-state index is 0.0471. The number of piperidine rings is 1. The molecule has 0 bridgehead atoms. The summed E-state index contributed by atoms with van der Waals surface area (Å²) in [5.41, 5.74) is 6.70. The molecule has 0 radical (unpaired) electrons. The lowest BCUT2D eigenvalue weighted by atomic mass is 10.0. The van der Waals surface area contributed by atoms with Gasteiger partial charge >= 0.3 is 0 Å². The van der Waals surface area contributed by atoms with Gasteiger partial charge in [-0.3, -0.25) is 49.4 Å². The fourth-order valence-electron chi connectivity index (χ4n) is 9.00. The molecule has 20 nitrogen and oxygen atoms in total. The van der Waals surface area contributed by atoms with Crippen molar-refractivity contribution in [2.45, 2.75) is 37.8 Å². The number of carbonyl (C=O) groups excluding carboxylic acids is 5. The van der Waals surface area contributed by atoms with Crippen LogP contribution in [0.25, 0.3) is 17.0 Å². The van der Waals surface area contributed by atoms with E-state index in [4.69, 9.17) is 29.1 Å². The molecule has 3 N–H and O–H groups in total. The number of rotatable bonds is 21. The third-order valence-corrected chi connectivity index (χ3v) is 12.5. The van der Waals surface area contributed by atoms with Gasteiger partial charge in [-0.2, -0.15) is 0 Å².